The molecule has 1 saturated heterocycles. The Morgan fingerprint density at radius 1 is 1.32 bits per heavy atom. The maximum Gasteiger partial charge on any atom is 0.253 e. The lowest BCUT2D eigenvalue weighted by Gasteiger charge is -2.27. The molecule has 0 bridgehead atoms. The number of aromatic amines is 1. The van der Waals surface area contributed by atoms with Gasteiger partial charge in [-0.05, 0) is 38.6 Å². The Balaban J connectivity index is 1.77. The molecular formula is C17H24N6O2. The standard InChI is InChI=1S/C17H24N6O2/c1-17(2,16-18-20-21-19-16)12-7-5-11(6-8-12)15(25)23(4)13-9-22(3)10-14(13)24/h5-8,13-14,24H,9-10H2,1-4H3,(H,18,19,20,21)/t13-,14-/m1/s1. The molecule has 0 unspecified atom stereocenters. The van der Waals surface area contributed by atoms with Crippen molar-refractivity contribution in [3.8, 4) is 0 Å². The number of likely N-dealkylation sites (tertiary alicyclic amines) is 1. The second-order valence-electron chi connectivity index (χ2n) is 7.21. The van der Waals surface area contributed by atoms with Crippen LogP contribution < -0.4 is 0 Å². The van der Waals surface area contributed by atoms with Gasteiger partial charge in [0.25, 0.3) is 5.91 Å². The number of aromatic nitrogens is 4. The van der Waals surface area contributed by atoms with Gasteiger partial charge in [-0.2, -0.15) is 5.21 Å². The van der Waals surface area contributed by atoms with Crippen molar-refractivity contribution in [2.75, 3.05) is 27.2 Å². The summed E-state index contributed by atoms with van der Waals surface area (Å²) in [6, 6.07) is 7.25. The summed E-state index contributed by atoms with van der Waals surface area (Å²) in [5.74, 6) is 0.504. The Kier molecular flexibility index (Phi) is 4.57. The van der Waals surface area contributed by atoms with Gasteiger partial charge in [0.05, 0.1) is 17.6 Å². The molecule has 0 saturated carbocycles. The minimum absolute atomic E-state index is 0.0942. The number of rotatable bonds is 4. The number of aliphatic hydroxyl groups is 1. The molecule has 8 heteroatoms. The first-order valence-corrected chi connectivity index (χ1v) is 8.29. The number of nitrogens with zero attached hydrogens (tertiary/aromatic N) is 5. The highest BCUT2D eigenvalue weighted by Gasteiger charge is 2.35. The topological polar surface area (TPSA) is 98.2 Å². The summed E-state index contributed by atoms with van der Waals surface area (Å²) in [5, 5.41) is 24.3. The number of amides is 1. The van der Waals surface area contributed by atoms with Gasteiger partial charge in [0.1, 0.15) is 0 Å². The Bertz CT molecular complexity index is 728. The Morgan fingerprint density at radius 3 is 2.52 bits per heavy atom. The van der Waals surface area contributed by atoms with Crippen molar-refractivity contribution in [1.29, 1.82) is 0 Å². The van der Waals surface area contributed by atoms with E-state index in [-0.39, 0.29) is 11.9 Å². The molecule has 25 heavy (non-hydrogen) atoms. The minimum Gasteiger partial charge on any atom is -0.390 e. The van der Waals surface area contributed by atoms with Gasteiger partial charge in [0.2, 0.25) is 0 Å². The van der Waals surface area contributed by atoms with Crippen LogP contribution in [-0.2, 0) is 5.41 Å². The zero-order valence-corrected chi connectivity index (χ0v) is 15.0. The van der Waals surface area contributed by atoms with Crippen molar-refractivity contribution < 1.29 is 9.90 Å². The molecule has 2 aromatic rings. The van der Waals surface area contributed by atoms with Gasteiger partial charge in [0, 0.05) is 25.7 Å². The summed E-state index contributed by atoms with van der Waals surface area (Å²) < 4.78 is 0. The molecular weight excluding hydrogens is 320 g/mol. The Hall–Kier alpha value is -2.32. The molecule has 0 spiro atoms. The van der Waals surface area contributed by atoms with Gasteiger partial charge in [-0.3, -0.25) is 4.79 Å². The maximum absolute atomic E-state index is 12.7. The van der Waals surface area contributed by atoms with E-state index in [4.69, 9.17) is 0 Å². The van der Waals surface area contributed by atoms with Crippen molar-refractivity contribution in [2.45, 2.75) is 31.4 Å². The van der Waals surface area contributed by atoms with E-state index in [1.54, 1.807) is 24.1 Å². The van der Waals surface area contributed by atoms with Crippen LogP contribution in [0.3, 0.4) is 0 Å². The molecule has 1 amide bonds. The summed E-state index contributed by atoms with van der Waals surface area (Å²) in [5.41, 5.74) is 1.18. The average molecular weight is 344 g/mol. The maximum atomic E-state index is 12.7. The number of hydrogen-bond acceptors (Lipinski definition) is 6. The minimum atomic E-state index is -0.518. The van der Waals surface area contributed by atoms with Crippen LogP contribution in [0.15, 0.2) is 24.3 Å². The van der Waals surface area contributed by atoms with E-state index in [2.05, 4.69) is 20.6 Å². The second kappa shape index (κ2) is 6.53. The van der Waals surface area contributed by atoms with Crippen molar-refractivity contribution in [1.82, 2.24) is 30.4 Å². The monoisotopic (exact) mass is 344 g/mol. The van der Waals surface area contributed by atoms with Gasteiger partial charge in [0.15, 0.2) is 5.82 Å². The average Bonchev–Trinajstić information content (AvgIpc) is 3.23. The van der Waals surface area contributed by atoms with Gasteiger partial charge >= 0.3 is 0 Å². The SMILES string of the molecule is CN1C[C@@H](O)[C@H](N(C)C(=O)c2ccc(C(C)(C)c3nn[nH]n3)cc2)C1. The molecule has 2 atom stereocenters. The van der Waals surface area contributed by atoms with Crippen LogP contribution >= 0.6 is 0 Å². The van der Waals surface area contributed by atoms with Crippen molar-refractivity contribution in [3.05, 3.63) is 41.2 Å². The van der Waals surface area contributed by atoms with Crippen molar-refractivity contribution >= 4 is 5.91 Å². The number of tetrazole rings is 1. The number of nitrogens with one attached hydrogen (secondary N) is 1. The van der Waals surface area contributed by atoms with Gasteiger partial charge in [-0.25, -0.2) is 0 Å². The Morgan fingerprint density at radius 2 is 2.00 bits per heavy atom. The third-order valence-electron chi connectivity index (χ3n) is 5.02. The molecule has 1 fully saturated rings. The highest BCUT2D eigenvalue weighted by Crippen LogP contribution is 2.28. The molecule has 1 aromatic heterocycles. The normalized spacial score (nSPS) is 21.5. The smallest absolute Gasteiger partial charge is 0.253 e. The molecule has 0 radical (unpaired) electrons. The number of β-amino-alcohol motifs (C(OH)–C–C–N with tert-alkyl or cyclic N) is 1. The molecule has 0 aliphatic carbocycles. The predicted molar refractivity (Wildman–Crippen MR) is 92.1 cm³/mol. The van der Waals surface area contributed by atoms with E-state index in [0.717, 1.165) is 5.56 Å². The quantitative estimate of drug-likeness (QED) is 0.826. The number of likely N-dealkylation sites (N-methyl/N-ethyl adjacent to an activating group) is 2. The number of carbonyl (C=O) groups excluding carboxylic acids is 1. The summed E-state index contributed by atoms with van der Waals surface area (Å²) >= 11 is 0. The number of benzene rings is 1. The van der Waals surface area contributed by atoms with E-state index in [1.165, 1.54) is 0 Å². The zero-order chi connectivity index (χ0) is 18.2. The lowest BCUT2D eigenvalue weighted by molar-refractivity contribution is 0.0581. The molecule has 1 aliphatic rings. The molecule has 1 aliphatic heterocycles. The van der Waals surface area contributed by atoms with E-state index >= 15 is 0 Å². The highest BCUT2D eigenvalue weighted by molar-refractivity contribution is 5.94. The number of aliphatic hydroxyl groups excluding tert-OH is 1. The lowest BCUT2D eigenvalue weighted by Crippen LogP contribution is -2.44. The van der Waals surface area contributed by atoms with E-state index in [1.807, 2.05) is 37.9 Å². The first-order chi connectivity index (χ1) is 11.8. The predicted octanol–water partition coefficient (Wildman–Crippen LogP) is 0.273. The summed E-state index contributed by atoms with van der Waals surface area (Å²) in [4.78, 5) is 16.4. The van der Waals surface area contributed by atoms with Gasteiger partial charge in [-0.1, -0.05) is 17.3 Å². The van der Waals surface area contributed by atoms with Crippen LogP contribution in [-0.4, -0.2) is 80.8 Å². The van der Waals surface area contributed by atoms with Crippen LogP contribution in [0.25, 0.3) is 0 Å². The van der Waals surface area contributed by atoms with Crippen LogP contribution in [0.4, 0.5) is 0 Å². The van der Waals surface area contributed by atoms with Crippen LogP contribution in [0.2, 0.25) is 0 Å². The Labute approximate surface area is 146 Å². The number of carbonyl (C=O) groups is 1. The van der Waals surface area contributed by atoms with Crippen LogP contribution in [0, 0.1) is 0 Å². The highest BCUT2D eigenvalue weighted by atomic mass is 16.3. The molecule has 2 heterocycles. The lowest BCUT2D eigenvalue weighted by atomic mass is 9.83. The number of hydrogen-bond donors (Lipinski definition) is 2. The van der Waals surface area contributed by atoms with Gasteiger partial charge in [-0.15, -0.1) is 10.2 Å². The fraction of sp³-hybridized carbons (Fsp3) is 0.529. The third-order valence-corrected chi connectivity index (χ3v) is 5.02. The first kappa shape index (κ1) is 17.5. The van der Waals surface area contributed by atoms with Crippen LogP contribution in [0.5, 0.6) is 0 Å². The summed E-state index contributed by atoms with van der Waals surface area (Å²) in [7, 11) is 3.68. The molecule has 8 nitrogen and oxygen atoms in total. The molecule has 2 N–H and O–H groups in total. The van der Waals surface area contributed by atoms with Gasteiger partial charge < -0.3 is 14.9 Å². The summed E-state index contributed by atoms with van der Waals surface area (Å²) in [6.45, 7) is 5.27. The first-order valence-electron chi connectivity index (χ1n) is 8.29. The molecule has 3 rings (SSSR count). The zero-order valence-electron chi connectivity index (χ0n) is 15.0. The number of H-pyrrole nitrogens is 1. The molecule has 134 valence electrons. The van der Waals surface area contributed by atoms with E-state index in [9.17, 15) is 9.90 Å². The van der Waals surface area contributed by atoms with Crippen molar-refractivity contribution in [3.63, 3.8) is 0 Å². The van der Waals surface area contributed by atoms with Crippen LogP contribution in [0.1, 0.15) is 35.6 Å². The molecule has 1 aromatic carbocycles. The third kappa shape index (κ3) is 3.27. The van der Waals surface area contributed by atoms with Crippen molar-refractivity contribution in [2.24, 2.45) is 0 Å². The largest absolute Gasteiger partial charge is 0.390 e. The second-order valence-corrected chi connectivity index (χ2v) is 7.21. The fourth-order valence-electron chi connectivity index (χ4n) is 3.28. The van der Waals surface area contributed by atoms with E-state index in [0.29, 0.717) is 24.5 Å². The summed E-state index contributed by atoms with van der Waals surface area (Å²) in [6.07, 6.45) is -0.518. The fourth-order valence-corrected chi connectivity index (χ4v) is 3.28. The van der Waals surface area contributed by atoms with E-state index < -0.39 is 11.5 Å².